The summed E-state index contributed by atoms with van der Waals surface area (Å²) in [5.74, 6) is 2.92. The molecule has 16 heavy (non-hydrogen) atoms. The van der Waals surface area contributed by atoms with E-state index in [1.165, 1.54) is 10.5 Å². The van der Waals surface area contributed by atoms with Gasteiger partial charge in [-0.15, -0.1) is 11.8 Å². The van der Waals surface area contributed by atoms with Crippen LogP contribution in [-0.4, -0.2) is 24.9 Å². The van der Waals surface area contributed by atoms with Crippen LogP contribution in [0.15, 0.2) is 23.1 Å². The van der Waals surface area contributed by atoms with Crippen molar-refractivity contribution in [2.24, 2.45) is 5.73 Å². The second-order valence-corrected chi connectivity index (χ2v) is 5.62. The van der Waals surface area contributed by atoms with Gasteiger partial charge in [0.15, 0.2) is 0 Å². The predicted octanol–water partition coefficient (Wildman–Crippen LogP) is 3.17. The van der Waals surface area contributed by atoms with E-state index < -0.39 is 0 Å². The van der Waals surface area contributed by atoms with E-state index in [2.05, 4.69) is 25.3 Å². The van der Waals surface area contributed by atoms with Crippen LogP contribution in [0.5, 0.6) is 5.75 Å². The molecular weight excluding hydrogens is 238 g/mol. The standard InChI is InChI=1S/C12H19NOS2/c1-4-16-12-7-9(10(13)8-15-3)5-6-11(12)14-2/h5-7,10H,4,8,13H2,1-3H3. The van der Waals surface area contributed by atoms with Gasteiger partial charge in [0.2, 0.25) is 0 Å². The third-order valence-electron chi connectivity index (χ3n) is 2.26. The van der Waals surface area contributed by atoms with Gasteiger partial charge >= 0.3 is 0 Å². The lowest BCUT2D eigenvalue weighted by atomic mass is 10.1. The van der Waals surface area contributed by atoms with E-state index in [9.17, 15) is 0 Å². The summed E-state index contributed by atoms with van der Waals surface area (Å²) >= 11 is 3.56. The van der Waals surface area contributed by atoms with Gasteiger partial charge < -0.3 is 10.5 Å². The number of hydrogen-bond donors (Lipinski definition) is 1. The summed E-state index contributed by atoms with van der Waals surface area (Å²) in [4.78, 5) is 1.18. The Balaban J connectivity index is 2.91. The molecule has 1 rings (SSSR count). The zero-order valence-electron chi connectivity index (χ0n) is 10.0. The largest absolute Gasteiger partial charge is 0.496 e. The fourth-order valence-electron chi connectivity index (χ4n) is 1.47. The van der Waals surface area contributed by atoms with Gasteiger partial charge in [0.25, 0.3) is 0 Å². The van der Waals surface area contributed by atoms with E-state index in [1.54, 1.807) is 30.6 Å². The van der Waals surface area contributed by atoms with Gasteiger partial charge in [-0.1, -0.05) is 13.0 Å². The Kier molecular flexibility index (Phi) is 6.09. The highest BCUT2D eigenvalue weighted by molar-refractivity contribution is 7.99. The van der Waals surface area contributed by atoms with Crippen LogP contribution in [-0.2, 0) is 0 Å². The summed E-state index contributed by atoms with van der Waals surface area (Å²) < 4.78 is 5.33. The summed E-state index contributed by atoms with van der Waals surface area (Å²) in [7, 11) is 1.70. The molecule has 0 aliphatic heterocycles. The minimum Gasteiger partial charge on any atom is -0.496 e. The van der Waals surface area contributed by atoms with Gasteiger partial charge in [0, 0.05) is 16.7 Å². The molecular formula is C12H19NOS2. The van der Waals surface area contributed by atoms with Gasteiger partial charge in [-0.3, -0.25) is 0 Å². The van der Waals surface area contributed by atoms with E-state index in [0.29, 0.717) is 0 Å². The van der Waals surface area contributed by atoms with Crippen LogP contribution in [0.4, 0.5) is 0 Å². The molecule has 1 aromatic carbocycles. The molecule has 0 amide bonds. The van der Waals surface area contributed by atoms with Crippen molar-refractivity contribution in [1.29, 1.82) is 0 Å². The molecule has 0 saturated carbocycles. The topological polar surface area (TPSA) is 35.2 Å². The van der Waals surface area contributed by atoms with E-state index in [4.69, 9.17) is 10.5 Å². The second-order valence-electron chi connectivity index (χ2n) is 3.41. The molecule has 0 aromatic heterocycles. The average Bonchev–Trinajstić information content (AvgIpc) is 2.29. The molecule has 0 aliphatic carbocycles. The van der Waals surface area contributed by atoms with Crippen molar-refractivity contribution < 1.29 is 4.74 Å². The maximum atomic E-state index is 6.09. The van der Waals surface area contributed by atoms with Crippen LogP contribution in [0.2, 0.25) is 0 Å². The molecule has 1 aromatic rings. The minimum atomic E-state index is 0.108. The molecule has 0 saturated heterocycles. The van der Waals surface area contributed by atoms with Crippen molar-refractivity contribution in [2.45, 2.75) is 17.9 Å². The maximum absolute atomic E-state index is 6.09. The number of methoxy groups -OCH3 is 1. The summed E-state index contributed by atoms with van der Waals surface area (Å²) in [6.45, 7) is 2.14. The molecule has 0 aliphatic rings. The van der Waals surface area contributed by atoms with Crippen molar-refractivity contribution in [3.05, 3.63) is 23.8 Å². The zero-order valence-corrected chi connectivity index (χ0v) is 11.7. The van der Waals surface area contributed by atoms with E-state index in [-0.39, 0.29) is 6.04 Å². The quantitative estimate of drug-likeness (QED) is 0.794. The number of nitrogens with two attached hydrogens (primary N) is 1. The lowest BCUT2D eigenvalue weighted by molar-refractivity contribution is 0.404. The fraction of sp³-hybridized carbons (Fsp3) is 0.500. The Morgan fingerprint density at radius 3 is 2.75 bits per heavy atom. The van der Waals surface area contributed by atoms with Crippen LogP contribution in [0.3, 0.4) is 0 Å². The van der Waals surface area contributed by atoms with Gasteiger partial charge in [-0.25, -0.2) is 0 Å². The summed E-state index contributed by atoms with van der Waals surface area (Å²) in [6.07, 6.45) is 2.07. The third-order valence-corrected chi connectivity index (χ3v) is 3.87. The lowest BCUT2D eigenvalue weighted by Gasteiger charge is -2.14. The first-order valence-electron chi connectivity index (χ1n) is 5.28. The van der Waals surface area contributed by atoms with E-state index in [0.717, 1.165) is 17.3 Å². The maximum Gasteiger partial charge on any atom is 0.132 e. The minimum absolute atomic E-state index is 0.108. The van der Waals surface area contributed by atoms with E-state index in [1.807, 2.05) is 6.07 Å². The Bertz CT molecular complexity index is 331. The van der Waals surface area contributed by atoms with Gasteiger partial charge in [-0.05, 0) is 29.7 Å². The van der Waals surface area contributed by atoms with Crippen LogP contribution in [0.1, 0.15) is 18.5 Å². The smallest absolute Gasteiger partial charge is 0.132 e. The van der Waals surface area contributed by atoms with Gasteiger partial charge in [0.1, 0.15) is 5.75 Å². The normalized spacial score (nSPS) is 12.5. The SMILES string of the molecule is CCSc1cc(C(N)CSC)ccc1OC. The fourth-order valence-corrected chi connectivity index (χ4v) is 2.84. The van der Waals surface area contributed by atoms with Crippen LogP contribution in [0, 0.1) is 0 Å². The van der Waals surface area contributed by atoms with Gasteiger partial charge in [0.05, 0.1) is 7.11 Å². The first-order valence-corrected chi connectivity index (χ1v) is 7.66. The molecule has 4 heteroatoms. The highest BCUT2D eigenvalue weighted by atomic mass is 32.2. The predicted molar refractivity (Wildman–Crippen MR) is 74.7 cm³/mol. The molecule has 1 unspecified atom stereocenters. The molecule has 2 N–H and O–H groups in total. The van der Waals surface area contributed by atoms with Crippen LogP contribution < -0.4 is 10.5 Å². The summed E-state index contributed by atoms with van der Waals surface area (Å²) in [6, 6.07) is 6.32. The van der Waals surface area contributed by atoms with Crippen molar-refractivity contribution in [3.8, 4) is 5.75 Å². The molecule has 0 heterocycles. The summed E-state index contributed by atoms with van der Waals surface area (Å²) in [5, 5.41) is 0. The molecule has 1 atom stereocenters. The van der Waals surface area contributed by atoms with Crippen molar-refractivity contribution in [2.75, 3.05) is 24.9 Å². The second kappa shape index (κ2) is 7.09. The molecule has 0 radical (unpaired) electrons. The monoisotopic (exact) mass is 257 g/mol. The average molecular weight is 257 g/mol. The van der Waals surface area contributed by atoms with Gasteiger partial charge in [-0.2, -0.15) is 11.8 Å². The summed E-state index contributed by atoms with van der Waals surface area (Å²) in [5.41, 5.74) is 7.28. The Morgan fingerprint density at radius 2 is 2.19 bits per heavy atom. The highest BCUT2D eigenvalue weighted by Crippen LogP contribution is 2.31. The first kappa shape index (κ1) is 13.7. The Hall–Kier alpha value is -0.320. The van der Waals surface area contributed by atoms with Crippen molar-refractivity contribution in [3.63, 3.8) is 0 Å². The van der Waals surface area contributed by atoms with Crippen molar-refractivity contribution >= 4 is 23.5 Å². The first-order chi connectivity index (χ1) is 7.72. The zero-order chi connectivity index (χ0) is 12.0. The number of ether oxygens (including phenoxy) is 1. The number of thioether (sulfide) groups is 2. The van der Waals surface area contributed by atoms with Crippen LogP contribution >= 0.6 is 23.5 Å². The number of rotatable bonds is 6. The number of benzene rings is 1. The van der Waals surface area contributed by atoms with Crippen molar-refractivity contribution in [1.82, 2.24) is 0 Å². The Labute approximate surface area is 106 Å². The Morgan fingerprint density at radius 1 is 1.44 bits per heavy atom. The molecule has 0 fully saturated rings. The highest BCUT2D eigenvalue weighted by Gasteiger charge is 2.09. The molecule has 2 nitrogen and oxygen atoms in total. The number of hydrogen-bond acceptors (Lipinski definition) is 4. The van der Waals surface area contributed by atoms with Crippen LogP contribution in [0.25, 0.3) is 0 Å². The molecule has 0 bridgehead atoms. The molecule has 90 valence electrons. The van der Waals surface area contributed by atoms with E-state index >= 15 is 0 Å². The molecule has 0 spiro atoms. The lowest BCUT2D eigenvalue weighted by Crippen LogP contribution is -2.12. The third kappa shape index (κ3) is 3.61.